The van der Waals surface area contributed by atoms with E-state index in [1.807, 2.05) is 60.7 Å². The van der Waals surface area contributed by atoms with Gasteiger partial charge in [0, 0.05) is 11.1 Å². The van der Waals surface area contributed by atoms with Gasteiger partial charge in [0.15, 0.2) is 33.6 Å². The van der Waals surface area contributed by atoms with Crippen LogP contribution in [0.2, 0.25) is 0 Å². The Labute approximate surface area is 360 Å². The normalized spacial score (nSPS) is 9.95. The molecule has 0 radical (unpaired) electrons. The Balaban J connectivity index is 0.000000206. The molecule has 17 heteroatoms. The number of hydrogen-bond acceptors (Lipinski definition) is 12. The zero-order chi connectivity index (χ0) is 39.3. The molecule has 13 nitrogen and oxygen atoms in total. The number of terminal acetylenes is 1. The van der Waals surface area contributed by atoms with Crippen LogP contribution in [0.5, 0.6) is 0 Å². The number of ether oxygens (including phenoxy) is 1. The molecule has 58 heavy (non-hydrogen) atoms. The van der Waals surface area contributed by atoms with Crippen molar-refractivity contribution in [3.63, 3.8) is 0 Å². The first kappa shape index (κ1) is 44.7. The summed E-state index contributed by atoms with van der Waals surface area (Å²) in [6.07, 6.45) is 5.29. The molecule has 0 bridgehead atoms. The number of hydrogen-bond donors (Lipinski definition) is 3. The molecule has 4 aromatic carbocycles. The zero-order valence-corrected chi connectivity index (χ0v) is 34.0. The van der Waals surface area contributed by atoms with Crippen LogP contribution in [-0.2, 0) is 14.3 Å². The SMILES string of the molecule is C#Cc1ccc2ccccc2c1.COC(=O)CSc1n[nH]c(-c2ccc(Br)o2)n1.O=C(O)CSc1n[nH]c(-c2ccc(C#Cc3ccc4ccccc4c3)o2)n1.[Li+].[OH-]. The summed E-state index contributed by atoms with van der Waals surface area (Å²) < 4.78 is 16.1. The van der Waals surface area contributed by atoms with Crippen LogP contribution in [0.1, 0.15) is 16.9 Å². The van der Waals surface area contributed by atoms with Crippen LogP contribution in [0.25, 0.3) is 44.7 Å². The molecule has 8 rings (SSSR count). The number of esters is 1. The maximum absolute atomic E-state index is 10.9. The number of aromatic amines is 2. The number of aromatic nitrogens is 6. The number of thioether (sulfide) groups is 2. The van der Waals surface area contributed by atoms with E-state index < -0.39 is 5.97 Å². The molecular formula is C41H30BrLiN6O7S2. The molecule has 4 N–H and O–H groups in total. The Morgan fingerprint density at radius 2 is 1.28 bits per heavy atom. The second-order valence-corrected chi connectivity index (χ2v) is 13.9. The Morgan fingerprint density at radius 1 is 0.741 bits per heavy atom. The van der Waals surface area contributed by atoms with Crippen molar-refractivity contribution in [2.75, 3.05) is 18.6 Å². The molecule has 0 unspecified atom stereocenters. The van der Waals surface area contributed by atoms with E-state index in [1.165, 1.54) is 35.0 Å². The van der Waals surface area contributed by atoms with Gasteiger partial charge < -0.3 is 24.2 Å². The third-order valence-corrected chi connectivity index (χ3v) is 9.52. The largest absolute Gasteiger partial charge is 1.00 e. The summed E-state index contributed by atoms with van der Waals surface area (Å²) in [5.74, 6) is 10.1. The van der Waals surface area contributed by atoms with Crippen molar-refractivity contribution in [3.05, 3.63) is 131 Å². The molecule has 0 aliphatic heterocycles. The van der Waals surface area contributed by atoms with Crippen molar-refractivity contribution in [1.29, 1.82) is 0 Å². The Hall–Kier alpha value is -5.96. The molecule has 4 aromatic heterocycles. The maximum Gasteiger partial charge on any atom is 1.00 e. The Kier molecular flexibility index (Phi) is 17.1. The number of carbonyl (C=O) groups is 2. The molecule has 0 fully saturated rings. The minimum absolute atomic E-state index is 0. The average molecular weight is 870 g/mol. The van der Waals surface area contributed by atoms with Crippen molar-refractivity contribution in [1.82, 2.24) is 30.4 Å². The van der Waals surface area contributed by atoms with Gasteiger partial charge in [0.05, 0.1) is 18.6 Å². The van der Waals surface area contributed by atoms with Gasteiger partial charge in [0.25, 0.3) is 0 Å². The van der Waals surface area contributed by atoms with Crippen molar-refractivity contribution in [2.24, 2.45) is 0 Å². The molecule has 4 heterocycles. The standard InChI is InChI=1S/C20H13N3O3S.C12H8.C9H8BrN3O3S.Li.H2O/c24-18(25)12-27-20-21-19(22-23-20)17-10-9-16(26-17)8-6-13-5-7-14-3-1-2-4-15(14)11-13;1-2-10-7-8-11-5-3-4-6-12(11)9-10;1-15-7(14)4-17-9-11-8(12-13-9)5-2-3-6(10)16-5;;/h1-5,7,9-11H,12H2,(H,24,25)(H,21,22,23);1,3-9H;2-3H,4H2,1H3,(H,11,12,13);;1H2/q;;;+1;/p-1. The first-order valence-electron chi connectivity index (χ1n) is 16.5. The number of rotatable bonds is 8. The van der Waals surface area contributed by atoms with E-state index in [2.05, 4.69) is 93.1 Å². The van der Waals surface area contributed by atoms with E-state index in [0.717, 1.165) is 28.3 Å². The monoisotopic (exact) mass is 868 g/mol. The minimum atomic E-state index is -0.921. The van der Waals surface area contributed by atoms with Gasteiger partial charge in [-0.1, -0.05) is 96.0 Å². The Bertz CT molecular complexity index is 2730. The fraction of sp³-hybridized carbons (Fsp3) is 0.0732. The van der Waals surface area contributed by atoms with Crippen LogP contribution < -0.4 is 18.9 Å². The van der Waals surface area contributed by atoms with Crippen LogP contribution in [0.3, 0.4) is 0 Å². The number of H-pyrrole nitrogens is 2. The summed E-state index contributed by atoms with van der Waals surface area (Å²) >= 11 is 5.43. The number of fused-ring (bicyclic) bond motifs is 2. The van der Waals surface area contributed by atoms with Gasteiger partial charge in [-0.3, -0.25) is 19.8 Å². The summed E-state index contributed by atoms with van der Waals surface area (Å²) in [6.45, 7) is 0. The third kappa shape index (κ3) is 12.8. The number of carbonyl (C=O) groups excluding carboxylic acids is 1. The maximum atomic E-state index is 10.9. The van der Waals surface area contributed by atoms with Crippen LogP contribution >= 0.6 is 39.5 Å². The molecule has 0 aliphatic rings. The quantitative estimate of drug-likeness (QED) is 0.0745. The summed E-state index contributed by atoms with van der Waals surface area (Å²) in [5.41, 5.74) is 1.84. The summed E-state index contributed by atoms with van der Waals surface area (Å²) in [7, 11) is 1.34. The zero-order valence-electron chi connectivity index (χ0n) is 30.8. The minimum Gasteiger partial charge on any atom is -0.870 e. The molecule has 0 spiro atoms. The second kappa shape index (κ2) is 22.1. The van der Waals surface area contributed by atoms with E-state index in [-0.39, 0.29) is 41.8 Å². The van der Waals surface area contributed by atoms with Crippen LogP contribution in [0, 0.1) is 24.2 Å². The van der Waals surface area contributed by atoms with Crippen molar-refractivity contribution < 1.29 is 52.6 Å². The fourth-order valence-electron chi connectivity index (χ4n) is 4.80. The number of aliphatic carboxylic acids is 1. The van der Waals surface area contributed by atoms with E-state index in [9.17, 15) is 9.59 Å². The second-order valence-electron chi connectivity index (χ2n) is 11.3. The van der Waals surface area contributed by atoms with Crippen LogP contribution in [0.15, 0.2) is 133 Å². The number of methoxy groups -OCH3 is 1. The fourth-order valence-corrected chi connectivity index (χ4v) is 6.26. The van der Waals surface area contributed by atoms with Gasteiger partial charge in [-0.2, -0.15) is 9.97 Å². The first-order chi connectivity index (χ1) is 27.3. The summed E-state index contributed by atoms with van der Waals surface area (Å²) in [6, 6.07) is 35.4. The number of carboxylic acids is 1. The first-order valence-corrected chi connectivity index (χ1v) is 19.2. The topological polar surface area (TPSA) is 203 Å². The number of benzene rings is 4. The predicted molar refractivity (Wildman–Crippen MR) is 221 cm³/mol. The number of halogens is 1. The van der Waals surface area contributed by atoms with Crippen LogP contribution in [0.4, 0.5) is 0 Å². The molecule has 0 atom stereocenters. The van der Waals surface area contributed by atoms with Crippen molar-refractivity contribution in [2.45, 2.75) is 10.3 Å². The van der Waals surface area contributed by atoms with E-state index in [4.69, 9.17) is 20.4 Å². The summed E-state index contributed by atoms with van der Waals surface area (Å²) in [4.78, 5) is 29.9. The molecule has 0 saturated heterocycles. The van der Waals surface area contributed by atoms with Gasteiger partial charge in [-0.15, -0.1) is 16.6 Å². The van der Waals surface area contributed by atoms with E-state index >= 15 is 0 Å². The number of furan rings is 2. The molecule has 0 aliphatic carbocycles. The number of nitrogens with zero attached hydrogens (tertiary/aromatic N) is 4. The Morgan fingerprint density at radius 3 is 1.83 bits per heavy atom. The molecular weight excluding hydrogens is 839 g/mol. The average Bonchev–Trinajstić information content (AvgIpc) is 4.07. The molecule has 286 valence electrons. The van der Waals surface area contributed by atoms with Gasteiger partial charge in [-0.25, -0.2) is 0 Å². The summed E-state index contributed by atoms with van der Waals surface area (Å²) in [5, 5.41) is 27.6. The third-order valence-electron chi connectivity index (χ3n) is 7.44. The molecule has 0 amide bonds. The van der Waals surface area contributed by atoms with Crippen molar-refractivity contribution >= 4 is 72.9 Å². The van der Waals surface area contributed by atoms with Gasteiger partial charge in [0.1, 0.15) is 0 Å². The van der Waals surface area contributed by atoms with Crippen molar-refractivity contribution in [3.8, 4) is 47.4 Å². The smallest absolute Gasteiger partial charge is 0.870 e. The van der Waals surface area contributed by atoms with Gasteiger partial charge in [0.2, 0.25) is 10.3 Å². The van der Waals surface area contributed by atoms with E-state index in [1.54, 1.807) is 24.3 Å². The molecule has 0 saturated carbocycles. The van der Waals surface area contributed by atoms with E-state index in [0.29, 0.717) is 43.9 Å². The van der Waals surface area contributed by atoms with Crippen LogP contribution in [-0.4, -0.2) is 71.5 Å². The predicted octanol–water partition coefficient (Wildman–Crippen LogP) is 5.54. The number of carboxylic acid groups (broad SMARTS) is 1. The van der Waals surface area contributed by atoms with Gasteiger partial charge >= 0.3 is 30.8 Å². The number of nitrogens with one attached hydrogen (secondary N) is 2. The van der Waals surface area contributed by atoms with Gasteiger partial charge in [-0.05, 0) is 91.9 Å². The molecule has 8 aromatic rings.